The molecule has 0 aliphatic carbocycles. The van der Waals surface area contributed by atoms with E-state index in [4.69, 9.17) is 14.4 Å². The van der Waals surface area contributed by atoms with Gasteiger partial charge in [-0.1, -0.05) is 12.1 Å². The fraction of sp³-hybridized carbons (Fsp3) is 0.385. The Morgan fingerprint density at radius 2 is 2.21 bits per heavy atom. The minimum atomic E-state index is -0.457. The van der Waals surface area contributed by atoms with Gasteiger partial charge in [0.15, 0.2) is 6.61 Å². The molecule has 2 aromatic rings. The maximum absolute atomic E-state index is 13.2. The lowest BCUT2D eigenvalue weighted by atomic mass is 10.2. The van der Waals surface area contributed by atoms with E-state index in [1.165, 1.54) is 12.1 Å². The standard InChI is InChI=1S/C13H15FN2O3/c1-2-3-13-15-12(16-19-13)8-18-11-5-9(7-17)4-10(14)6-11/h4-6,17H,2-3,7-8H2,1H3. The molecule has 0 saturated heterocycles. The molecule has 6 heteroatoms. The highest BCUT2D eigenvalue weighted by Gasteiger charge is 2.07. The van der Waals surface area contributed by atoms with Crippen LogP contribution in [-0.2, 0) is 19.6 Å². The van der Waals surface area contributed by atoms with Crippen LogP contribution in [0.5, 0.6) is 5.75 Å². The van der Waals surface area contributed by atoms with Crippen LogP contribution in [0.25, 0.3) is 0 Å². The van der Waals surface area contributed by atoms with Gasteiger partial charge < -0.3 is 14.4 Å². The van der Waals surface area contributed by atoms with Crippen LogP contribution in [0.2, 0.25) is 0 Å². The van der Waals surface area contributed by atoms with Gasteiger partial charge in [0.05, 0.1) is 6.61 Å². The van der Waals surface area contributed by atoms with E-state index in [1.54, 1.807) is 6.07 Å². The van der Waals surface area contributed by atoms with Gasteiger partial charge in [-0.25, -0.2) is 4.39 Å². The summed E-state index contributed by atoms with van der Waals surface area (Å²) in [4.78, 5) is 4.13. The molecule has 0 unspecified atom stereocenters. The van der Waals surface area contributed by atoms with Gasteiger partial charge in [-0.15, -0.1) is 0 Å². The Labute approximate surface area is 110 Å². The average molecular weight is 266 g/mol. The Kier molecular flexibility index (Phi) is 4.46. The number of aryl methyl sites for hydroxylation is 1. The molecule has 1 aromatic heterocycles. The van der Waals surface area contributed by atoms with Crippen LogP contribution in [0.15, 0.2) is 22.7 Å². The number of hydrogen-bond acceptors (Lipinski definition) is 5. The number of hydrogen-bond donors (Lipinski definition) is 1. The maximum atomic E-state index is 13.2. The molecule has 0 saturated carbocycles. The van der Waals surface area contributed by atoms with Crippen molar-refractivity contribution in [3.05, 3.63) is 41.3 Å². The van der Waals surface area contributed by atoms with Crippen LogP contribution in [0.4, 0.5) is 4.39 Å². The number of aromatic nitrogens is 2. The quantitative estimate of drug-likeness (QED) is 0.868. The minimum absolute atomic E-state index is 0.0987. The van der Waals surface area contributed by atoms with Crippen molar-refractivity contribution in [2.75, 3.05) is 0 Å². The van der Waals surface area contributed by atoms with Gasteiger partial charge in [0.25, 0.3) is 0 Å². The Morgan fingerprint density at radius 1 is 1.37 bits per heavy atom. The SMILES string of the molecule is CCCc1nc(COc2cc(F)cc(CO)c2)no1. The molecule has 102 valence electrons. The second-order valence-electron chi connectivity index (χ2n) is 4.10. The van der Waals surface area contributed by atoms with Gasteiger partial charge in [-0.2, -0.15) is 4.98 Å². The van der Waals surface area contributed by atoms with E-state index in [0.29, 0.717) is 23.0 Å². The van der Waals surface area contributed by atoms with E-state index < -0.39 is 5.82 Å². The zero-order valence-corrected chi connectivity index (χ0v) is 10.6. The minimum Gasteiger partial charge on any atom is -0.485 e. The van der Waals surface area contributed by atoms with Crippen LogP contribution in [0.1, 0.15) is 30.6 Å². The summed E-state index contributed by atoms with van der Waals surface area (Å²) >= 11 is 0. The highest BCUT2D eigenvalue weighted by atomic mass is 19.1. The third-order valence-corrected chi connectivity index (χ3v) is 2.46. The summed E-state index contributed by atoms with van der Waals surface area (Å²) in [5.41, 5.74) is 0.454. The largest absolute Gasteiger partial charge is 0.485 e. The average Bonchev–Trinajstić information content (AvgIpc) is 2.84. The van der Waals surface area contributed by atoms with Crippen LogP contribution in [-0.4, -0.2) is 15.2 Å². The summed E-state index contributed by atoms with van der Waals surface area (Å²) in [5, 5.41) is 12.7. The normalized spacial score (nSPS) is 10.7. The number of aliphatic hydroxyl groups excluding tert-OH is 1. The van der Waals surface area contributed by atoms with E-state index in [-0.39, 0.29) is 13.2 Å². The number of aliphatic hydroxyl groups is 1. The smallest absolute Gasteiger partial charge is 0.226 e. The number of rotatable bonds is 6. The van der Waals surface area contributed by atoms with Crippen molar-refractivity contribution in [3.8, 4) is 5.75 Å². The molecular weight excluding hydrogens is 251 g/mol. The van der Waals surface area contributed by atoms with E-state index in [2.05, 4.69) is 10.1 Å². The Balaban J connectivity index is 1.99. The Bertz CT molecular complexity index is 542. The lowest BCUT2D eigenvalue weighted by molar-refractivity contribution is 0.272. The van der Waals surface area contributed by atoms with E-state index in [1.807, 2.05) is 6.92 Å². The summed E-state index contributed by atoms with van der Waals surface area (Å²) in [6.07, 6.45) is 1.65. The Morgan fingerprint density at radius 3 is 2.95 bits per heavy atom. The molecule has 0 amide bonds. The van der Waals surface area contributed by atoms with Gasteiger partial charge in [-0.05, 0) is 24.1 Å². The van der Waals surface area contributed by atoms with Crippen LogP contribution in [0, 0.1) is 5.82 Å². The molecule has 0 fully saturated rings. The topological polar surface area (TPSA) is 68.4 Å². The molecule has 0 aliphatic rings. The van der Waals surface area contributed by atoms with Gasteiger partial charge in [-0.3, -0.25) is 0 Å². The first kappa shape index (κ1) is 13.5. The van der Waals surface area contributed by atoms with E-state index in [0.717, 1.165) is 12.8 Å². The summed E-state index contributed by atoms with van der Waals surface area (Å²) in [7, 11) is 0. The lowest BCUT2D eigenvalue weighted by Gasteiger charge is -2.05. The molecule has 2 rings (SSSR count). The molecule has 1 aromatic carbocycles. The molecule has 0 spiro atoms. The van der Waals surface area contributed by atoms with Crippen molar-refractivity contribution >= 4 is 0 Å². The van der Waals surface area contributed by atoms with Gasteiger partial charge in [0, 0.05) is 12.5 Å². The summed E-state index contributed by atoms with van der Waals surface area (Å²) in [5.74, 6) is 0.849. The van der Waals surface area contributed by atoms with Crippen LogP contribution in [0.3, 0.4) is 0 Å². The molecule has 19 heavy (non-hydrogen) atoms. The van der Waals surface area contributed by atoms with Crippen molar-refractivity contribution in [1.82, 2.24) is 10.1 Å². The predicted molar refractivity (Wildman–Crippen MR) is 64.9 cm³/mol. The monoisotopic (exact) mass is 266 g/mol. The number of benzene rings is 1. The third kappa shape index (κ3) is 3.75. The summed E-state index contributed by atoms with van der Waals surface area (Å²) in [6.45, 7) is 1.88. The summed E-state index contributed by atoms with van der Waals surface area (Å²) in [6, 6.07) is 4.06. The van der Waals surface area contributed by atoms with Gasteiger partial charge >= 0.3 is 0 Å². The van der Waals surface area contributed by atoms with Gasteiger partial charge in [0.1, 0.15) is 11.6 Å². The molecule has 0 bridgehead atoms. The Hall–Kier alpha value is -1.95. The highest BCUT2D eigenvalue weighted by molar-refractivity contribution is 5.29. The first-order chi connectivity index (χ1) is 9.21. The number of halogens is 1. The third-order valence-electron chi connectivity index (χ3n) is 2.46. The van der Waals surface area contributed by atoms with Crippen molar-refractivity contribution in [2.45, 2.75) is 33.0 Å². The maximum Gasteiger partial charge on any atom is 0.226 e. The second-order valence-corrected chi connectivity index (χ2v) is 4.10. The molecule has 0 aliphatic heterocycles. The fourth-order valence-corrected chi connectivity index (χ4v) is 1.61. The lowest BCUT2D eigenvalue weighted by Crippen LogP contribution is -1.99. The van der Waals surface area contributed by atoms with Crippen molar-refractivity contribution in [2.24, 2.45) is 0 Å². The molecule has 0 radical (unpaired) electrons. The zero-order valence-electron chi connectivity index (χ0n) is 10.6. The predicted octanol–water partition coefficient (Wildman–Crippen LogP) is 2.23. The van der Waals surface area contributed by atoms with Crippen molar-refractivity contribution in [1.29, 1.82) is 0 Å². The second kappa shape index (κ2) is 6.29. The highest BCUT2D eigenvalue weighted by Crippen LogP contribution is 2.17. The van der Waals surface area contributed by atoms with Crippen molar-refractivity contribution in [3.63, 3.8) is 0 Å². The molecule has 0 atom stereocenters. The zero-order chi connectivity index (χ0) is 13.7. The summed E-state index contributed by atoms with van der Waals surface area (Å²) < 4.78 is 23.6. The van der Waals surface area contributed by atoms with Gasteiger partial charge in [0.2, 0.25) is 11.7 Å². The number of nitrogens with zero attached hydrogens (tertiary/aromatic N) is 2. The molecule has 1 N–H and O–H groups in total. The van der Waals surface area contributed by atoms with E-state index in [9.17, 15) is 4.39 Å². The molecular formula is C13H15FN2O3. The first-order valence-corrected chi connectivity index (χ1v) is 6.06. The molecule has 5 nitrogen and oxygen atoms in total. The van der Waals surface area contributed by atoms with Crippen LogP contribution >= 0.6 is 0 Å². The first-order valence-electron chi connectivity index (χ1n) is 6.06. The molecule has 1 heterocycles. The van der Waals surface area contributed by atoms with E-state index >= 15 is 0 Å². The number of ether oxygens (including phenoxy) is 1. The fourth-order valence-electron chi connectivity index (χ4n) is 1.61. The van der Waals surface area contributed by atoms with Crippen LogP contribution < -0.4 is 4.74 Å². The van der Waals surface area contributed by atoms with Crippen molar-refractivity contribution < 1.29 is 18.8 Å².